The number of nitrogens with zero attached hydrogens (tertiary/aromatic N) is 1. The fourth-order valence-corrected chi connectivity index (χ4v) is 2.28. The van der Waals surface area contributed by atoms with Gasteiger partial charge in [0.2, 0.25) is 5.91 Å². The van der Waals surface area contributed by atoms with Crippen LogP contribution in [0.1, 0.15) is 19.8 Å². The average Bonchev–Trinajstić information content (AvgIpc) is 2.51. The van der Waals surface area contributed by atoms with Crippen LogP contribution in [0.25, 0.3) is 0 Å². The van der Waals surface area contributed by atoms with E-state index in [2.05, 4.69) is 5.32 Å². The Hall–Kier alpha value is -2.08. The lowest BCUT2D eigenvalue weighted by Crippen LogP contribution is -2.47. The van der Waals surface area contributed by atoms with Gasteiger partial charge in [-0.2, -0.15) is 0 Å². The summed E-state index contributed by atoms with van der Waals surface area (Å²) >= 11 is 0. The Kier molecular flexibility index (Phi) is 5.16. The third-order valence-corrected chi connectivity index (χ3v) is 3.37. The number of benzene rings is 1. The largest absolute Gasteiger partial charge is 0.478 e. The fourth-order valence-electron chi connectivity index (χ4n) is 2.28. The van der Waals surface area contributed by atoms with Gasteiger partial charge in [-0.05, 0) is 18.6 Å². The summed E-state index contributed by atoms with van der Waals surface area (Å²) in [4.78, 5) is 25.7. The number of nitrogens with one attached hydrogen (secondary N) is 1. The van der Waals surface area contributed by atoms with Crippen LogP contribution in [0, 0.1) is 0 Å². The maximum absolute atomic E-state index is 12.4. The molecule has 6 nitrogen and oxygen atoms in total. The number of carbonyl (C=O) groups excluding carboxylic acids is 2. The van der Waals surface area contributed by atoms with Crippen molar-refractivity contribution < 1.29 is 14.3 Å². The maximum Gasteiger partial charge on any atom is 0.268 e. The smallest absolute Gasteiger partial charge is 0.268 e. The molecule has 1 aromatic rings. The second-order valence-corrected chi connectivity index (χ2v) is 4.86. The molecule has 1 aromatic carbocycles. The Balaban J connectivity index is 2.09. The molecule has 0 aliphatic carbocycles. The molecule has 2 amide bonds. The van der Waals surface area contributed by atoms with Crippen LogP contribution in [-0.2, 0) is 9.59 Å². The standard InChI is InChI=1S/C15H21N3O3/c1-2-12-15(20)18(10-7-14(19)17-9-8-16)11-5-3-4-6-13(11)21-12/h3-6,12H,2,7-10,16H2,1H3,(H,17,19). The first-order chi connectivity index (χ1) is 10.2. The van der Waals surface area contributed by atoms with Crippen LogP contribution >= 0.6 is 0 Å². The quantitative estimate of drug-likeness (QED) is 0.806. The zero-order valence-electron chi connectivity index (χ0n) is 12.2. The average molecular weight is 291 g/mol. The lowest BCUT2D eigenvalue weighted by Gasteiger charge is -2.33. The molecule has 0 saturated heterocycles. The summed E-state index contributed by atoms with van der Waals surface area (Å²) in [6.45, 7) is 3.10. The third kappa shape index (κ3) is 3.52. The topological polar surface area (TPSA) is 84.7 Å². The van der Waals surface area contributed by atoms with Crippen molar-refractivity contribution in [3.05, 3.63) is 24.3 Å². The van der Waals surface area contributed by atoms with Gasteiger partial charge in [0.1, 0.15) is 5.75 Å². The third-order valence-electron chi connectivity index (χ3n) is 3.37. The van der Waals surface area contributed by atoms with Crippen molar-refractivity contribution in [3.8, 4) is 5.75 Å². The molecule has 1 aliphatic rings. The maximum atomic E-state index is 12.4. The van der Waals surface area contributed by atoms with Gasteiger partial charge in [0.15, 0.2) is 6.10 Å². The van der Waals surface area contributed by atoms with Crippen LogP contribution in [0.4, 0.5) is 5.69 Å². The predicted octanol–water partition coefficient (Wildman–Crippen LogP) is 0.656. The van der Waals surface area contributed by atoms with Crippen molar-refractivity contribution in [2.24, 2.45) is 5.73 Å². The number of hydrogen-bond donors (Lipinski definition) is 2. The van der Waals surface area contributed by atoms with Gasteiger partial charge in [0.05, 0.1) is 5.69 Å². The Morgan fingerprint density at radius 1 is 1.43 bits per heavy atom. The number of fused-ring (bicyclic) bond motifs is 1. The minimum absolute atomic E-state index is 0.0946. The van der Waals surface area contributed by atoms with Gasteiger partial charge in [-0.3, -0.25) is 9.59 Å². The van der Waals surface area contributed by atoms with Gasteiger partial charge >= 0.3 is 0 Å². The van der Waals surface area contributed by atoms with E-state index in [-0.39, 0.29) is 18.2 Å². The summed E-state index contributed by atoms with van der Waals surface area (Å²) in [7, 11) is 0. The molecule has 0 radical (unpaired) electrons. The normalized spacial score (nSPS) is 17.1. The number of carbonyl (C=O) groups is 2. The van der Waals surface area contributed by atoms with Crippen LogP contribution in [0.2, 0.25) is 0 Å². The number of ether oxygens (including phenoxy) is 1. The van der Waals surface area contributed by atoms with Crippen LogP contribution in [0.15, 0.2) is 24.3 Å². The molecule has 1 unspecified atom stereocenters. The number of amides is 2. The highest BCUT2D eigenvalue weighted by atomic mass is 16.5. The van der Waals surface area contributed by atoms with Gasteiger partial charge in [-0.25, -0.2) is 0 Å². The summed E-state index contributed by atoms with van der Waals surface area (Å²) in [5.74, 6) is 0.486. The molecule has 1 atom stereocenters. The molecule has 0 spiro atoms. The van der Waals surface area contributed by atoms with Crippen LogP contribution in [0.5, 0.6) is 5.75 Å². The van der Waals surface area contributed by atoms with E-state index in [4.69, 9.17) is 10.5 Å². The molecule has 0 bridgehead atoms. The summed E-state index contributed by atoms with van der Waals surface area (Å²) in [5, 5.41) is 2.70. The van der Waals surface area contributed by atoms with E-state index >= 15 is 0 Å². The molecule has 21 heavy (non-hydrogen) atoms. The second kappa shape index (κ2) is 7.08. The van der Waals surface area contributed by atoms with Gasteiger partial charge in [-0.15, -0.1) is 0 Å². The number of nitrogens with two attached hydrogens (primary N) is 1. The Morgan fingerprint density at radius 3 is 2.90 bits per heavy atom. The van der Waals surface area contributed by atoms with Crippen molar-refractivity contribution in [1.29, 1.82) is 0 Å². The van der Waals surface area contributed by atoms with E-state index in [1.54, 1.807) is 4.90 Å². The SMILES string of the molecule is CCC1Oc2ccccc2N(CCC(=O)NCCN)C1=O. The summed E-state index contributed by atoms with van der Waals surface area (Å²) in [5.41, 5.74) is 6.06. The van der Waals surface area contributed by atoms with Crippen molar-refractivity contribution in [1.82, 2.24) is 5.32 Å². The zero-order chi connectivity index (χ0) is 15.2. The van der Waals surface area contributed by atoms with E-state index in [1.807, 2.05) is 31.2 Å². The molecular weight excluding hydrogens is 270 g/mol. The monoisotopic (exact) mass is 291 g/mol. The first kappa shape index (κ1) is 15.3. The molecular formula is C15H21N3O3. The minimum atomic E-state index is -0.480. The van der Waals surface area contributed by atoms with E-state index in [9.17, 15) is 9.59 Å². The molecule has 0 saturated carbocycles. The molecule has 1 heterocycles. The highest BCUT2D eigenvalue weighted by Crippen LogP contribution is 2.34. The van der Waals surface area contributed by atoms with Crippen molar-refractivity contribution in [2.45, 2.75) is 25.9 Å². The van der Waals surface area contributed by atoms with Gasteiger partial charge in [0, 0.05) is 26.1 Å². The van der Waals surface area contributed by atoms with Crippen molar-refractivity contribution >= 4 is 17.5 Å². The second-order valence-electron chi connectivity index (χ2n) is 4.86. The van der Waals surface area contributed by atoms with Gasteiger partial charge in [0.25, 0.3) is 5.91 Å². The fraction of sp³-hybridized carbons (Fsp3) is 0.467. The van der Waals surface area contributed by atoms with Crippen LogP contribution < -0.4 is 20.7 Å². The van der Waals surface area contributed by atoms with E-state index in [0.717, 1.165) is 5.69 Å². The minimum Gasteiger partial charge on any atom is -0.478 e. The zero-order valence-corrected chi connectivity index (χ0v) is 12.2. The highest BCUT2D eigenvalue weighted by molar-refractivity contribution is 6.00. The molecule has 2 rings (SSSR count). The molecule has 6 heteroatoms. The number of rotatable bonds is 6. The molecule has 1 aliphatic heterocycles. The first-order valence-electron chi connectivity index (χ1n) is 7.21. The molecule has 3 N–H and O–H groups in total. The van der Waals surface area contributed by atoms with Gasteiger partial charge < -0.3 is 20.7 Å². The molecule has 0 fully saturated rings. The summed E-state index contributed by atoms with van der Waals surface area (Å²) in [6, 6.07) is 7.39. The summed E-state index contributed by atoms with van der Waals surface area (Å²) < 4.78 is 5.69. The van der Waals surface area contributed by atoms with Crippen LogP contribution in [-0.4, -0.2) is 37.6 Å². The predicted molar refractivity (Wildman–Crippen MR) is 80.2 cm³/mol. The molecule has 114 valence electrons. The number of para-hydroxylation sites is 2. The molecule has 0 aromatic heterocycles. The van der Waals surface area contributed by atoms with Crippen molar-refractivity contribution in [2.75, 3.05) is 24.5 Å². The van der Waals surface area contributed by atoms with Crippen LogP contribution in [0.3, 0.4) is 0 Å². The lowest BCUT2D eigenvalue weighted by atomic mass is 10.1. The first-order valence-corrected chi connectivity index (χ1v) is 7.21. The van der Waals surface area contributed by atoms with E-state index in [0.29, 0.717) is 31.8 Å². The van der Waals surface area contributed by atoms with Gasteiger partial charge in [-0.1, -0.05) is 19.1 Å². The Bertz CT molecular complexity index is 519. The Morgan fingerprint density at radius 2 is 2.19 bits per heavy atom. The highest BCUT2D eigenvalue weighted by Gasteiger charge is 2.32. The summed E-state index contributed by atoms with van der Waals surface area (Å²) in [6.07, 6.45) is 0.367. The van der Waals surface area contributed by atoms with E-state index in [1.165, 1.54) is 0 Å². The lowest BCUT2D eigenvalue weighted by molar-refractivity contribution is -0.126. The number of hydrogen-bond acceptors (Lipinski definition) is 4. The van der Waals surface area contributed by atoms with E-state index < -0.39 is 6.10 Å². The Labute approximate surface area is 124 Å². The number of anilines is 1. The van der Waals surface area contributed by atoms with Crippen molar-refractivity contribution in [3.63, 3.8) is 0 Å².